The normalized spacial score (nSPS) is 14.6. The lowest BCUT2D eigenvalue weighted by Crippen LogP contribution is -2.32. The Bertz CT molecular complexity index is 1800. The summed E-state index contributed by atoms with van der Waals surface area (Å²) in [7, 11) is 0. The first-order valence-corrected chi connectivity index (χ1v) is 16.4. The van der Waals surface area contributed by atoms with Crippen LogP contribution in [0, 0.1) is 0 Å². The van der Waals surface area contributed by atoms with E-state index in [0.29, 0.717) is 49.2 Å². The number of rotatable bonds is 10. The van der Waals surface area contributed by atoms with Crippen LogP contribution in [0.1, 0.15) is 54.6 Å². The Hall–Kier alpha value is -4.59. The number of nitrogens with one attached hydrogen (secondary N) is 1. The molecule has 0 spiro atoms. The summed E-state index contributed by atoms with van der Waals surface area (Å²) in [6.07, 6.45) is 0.713. The van der Waals surface area contributed by atoms with Crippen LogP contribution in [0.3, 0.4) is 0 Å². The lowest BCUT2D eigenvalue weighted by Gasteiger charge is -2.24. The zero-order chi connectivity index (χ0) is 32.8. The van der Waals surface area contributed by atoms with Crippen LogP contribution in [-0.2, 0) is 35.7 Å². The third-order valence-electron chi connectivity index (χ3n) is 7.96. The standard InChI is InChI=1S/C39H40ClN3O4/c1-39(2,3)47-38(44)32-23-41-21-20-33-36(32)37(30-15-17-31(40)18-16-30)42-43(33)24-29-14-19-34(45-25-27-10-6-4-7-11-27)35(22-29)46-26-28-12-8-5-9-13-28/h4-19,22,32,41H,20-21,23-26H2,1-3H3. The van der Waals surface area contributed by atoms with Crippen LogP contribution in [0.5, 0.6) is 11.5 Å². The number of nitrogens with zero attached hydrogens (tertiary/aromatic N) is 2. The Kier molecular flexibility index (Phi) is 9.95. The van der Waals surface area contributed by atoms with Crippen molar-refractivity contribution in [3.8, 4) is 22.8 Å². The molecule has 6 rings (SSSR count). The van der Waals surface area contributed by atoms with E-state index in [1.165, 1.54) is 0 Å². The molecule has 1 aliphatic heterocycles. The molecule has 1 atom stereocenters. The van der Waals surface area contributed by atoms with Gasteiger partial charge in [-0.3, -0.25) is 9.48 Å². The van der Waals surface area contributed by atoms with E-state index < -0.39 is 11.5 Å². The molecule has 1 unspecified atom stereocenters. The maximum Gasteiger partial charge on any atom is 0.315 e. The van der Waals surface area contributed by atoms with Gasteiger partial charge in [0.15, 0.2) is 11.5 Å². The summed E-state index contributed by atoms with van der Waals surface area (Å²) < 4.78 is 20.5. The molecule has 0 aliphatic carbocycles. The Morgan fingerprint density at radius 1 is 0.851 bits per heavy atom. The summed E-state index contributed by atoms with van der Waals surface area (Å²) in [6, 6.07) is 33.8. The summed E-state index contributed by atoms with van der Waals surface area (Å²) >= 11 is 6.25. The van der Waals surface area contributed by atoms with Crippen LogP contribution < -0.4 is 14.8 Å². The number of ether oxygens (including phenoxy) is 3. The van der Waals surface area contributed by atoms with E-state index in [1.807, 2.05) is 129 Å². The van der Waals surface area contributed by atoms with Gasteiger partial charge in [0.1, 0.15) is 18.8 Å². The van der Waals surface area contributed by atoms with E-state index in [-0.39, 0.29) is 5.97 Å². The second-order valence-electron chi connectivity index (χ2n) is 12.7. The predicted octanol–water partition coefficient (Wildman–Crippen LogP) is 7.98. The molecule has 1 N–H and O–H groups in total. The summed E-state index contributed by atoms with van der Waals surface area (Å²) in [6.45, 7) is 8.19. The van der Waals surface area contributed by atoms with Crippen LogP contribution >= 0.6 is 11.6 Å². The fourth-order valence-corrected chi connectivity index (χ4v) is 5.87. The molecular weight excluding hydrogens is 610 g/mol. The number of carbonyl (C=O) groups excluding carboxylic acids is 1. The van der Waals surface area contributed by atoms with Crippen LogP contribution in [0.25, 0.3) is 11.3 Å². The Morgan fingerprint density at radius 2 is 1.49 bits per heavy atom. The van der Waals surface area contributed by atoms with Gasteiger partial charge in [0.05, 0.1) is 18.2 Å². The highest BCUT2D eigenvalue weighted by atomic mass is 35.5. The van der Waals surface area contributed by atoms with Gasteiger partial charge in [0.25, 0.3) is 0 Å². The van der Waals surface area contributed by atoms with E-state index in [4.69, 9.17) is 30.9 Å². The monoisotopic (exact) mass is 649 g/mol. The second kappa shape index (κ2) is 14.4. The zero-order valence-electron chi connectivity index (χ0n) is 27.0. The SMILES string of the molecule is CC(C)(C)OC(=O)C1CNCCc2c1c(-c1ccc(Cl)cc1)nn2Cc1ccc(OCc2ccccc2)c(OCc2ccccc2)c1. The molecule has 0 fully saturated rings. The Morgan fingerprint density at radius 3 is 2.13 bits per heavy atom. The number of fused-ring (bicyclic) bond motifs is 1. The first-order valence-electron chi connectivity index (χ1n) is 16.0. The average Bonchev–Trinajstić information content (AvgIpc) is 3.25. The lowest BCUT2D eigenvalue weighted by molar-refractivity contribution is -0.156. The zero-order valence-corrected chi connectivity index (χ0v) is 27.8. The second-order valence-corrected chi connectivity index (χ2v) is 13.2. The van der Waals surface area contributed by atoms with Crippen molar-refractivity contribution >= 4 is 17.6 Å². The van der Waals surface area contributed by atoms with Crippen molar-refractivity contribution in [1.29, 1.82) is 0 Å². The molecule has 0 amide bonds. The number of hydrogen-bond donors (Lipinski definition) is 1. The highest BCUT2D eigenvalue weighted by Gasteiger charge is 2.35. The van der Waals surface area contributed by atoms with E-state index >= 15 is 0 Å². The van der Waals surface area contributed by atoms with Crippen molar-refractivity contribution in [2.45, 2.75) is 58.5 Å². The van der Waals surface area contributed by atoms with Crippen LogP contribution in [0.4, 0.5) is 0 Å². The molecule has 8 heteroatoms. The average molecular weight is 650 g/mol. The number of aromatic nitrogens is 2. The van der Waals surface area contributed by atoms with Gasteiger partial charge in [-0.25, -0.2) is 0 Å². The maximum atomic E-state index is 13.6. The van der Waals surface area contributed by atoms with Gasteiger partial charge in [0.2, 0.25) is 0 Å². The Balaban J connectivity index is 1.36. The van der Waals surface area contributed by atoms with E-state index in [2.05, 4.69) is 5.32 Å². The predicted molar refractivity (Wildman–Crippen MR) is 185 cm³/mol. The topological polar surface area (TPSA) is 74.6 Å². The molecule has 0 bridgehead atoms. The van der Waals surface area contributed by atoms with Gasteiger partial charge >= 0.3 is 5.97 Å². The molecular formula is C39H40ClN3O4. The molecule has 7 nitrogen and oxygen atoms in total. The van der Waals surface area contributed by atoms with Crippen LogP contribution in [-0.4, -0.2) is 34.4 Å². The first kappa shape index (κ1) is 32.4. The number of halogens is 1. The summed E-state index contributed by atoms with van der Waals surface area (Å²) in [5.74, 6) is 0.555. The molecule has 0 saturated heterocycles. The first-order chi connectivity index (χ1) is 22.7. The summed E-state index contributed by atoms with van der Waals surface area (Å²) in [4.78, 5) is 13.6. The summed E-state index contributed by atoms with van der Waals surface area (Å²) in [5, 5.41) is 9.24. The van der Waals surface area contributed by atoms with Gasteiger partial charge in [-0.15, -0.1) is 0 Å². The van der Waals surface area contributed by atoms with Crippen molar-refractivity contribution in [1.82, 2.24) is 15.1 Å². The largest absolute Gasteiger partial charge is 0.485 e. The number of benzene rings is 4. The highest BCUT2D eigenvalue weighted by molar-refractivity contribution is 6.30. The summed E-state index contributed by atoms with van der Waals surface area (Å²) in [5.41, 5.74) is 6.10. The highest BCUT2D eigenvalue weighted by Crippen LogP contribution is 2.36. The van der Waals surface area contributed by atoms with Crippen molar-refractivity contribution in [2.75, 3.05) is 13.1 Å². The quantitative estimate of drug-likeness (QED) is 0.155. The van der Waals surface area contributed by atoms with E-state index in [0.717, 1.165) is 45.7 Å². The molecule has 1 aliphatic rings. The number of esters is 1. The minimum Gasteiger partial charge on any atom is -0.485 e. The fourth-order valence-electron chi connectivity index (χ4n) is 5.75. The molecule has 5 aromatic rings. The molecule has 0 saturated carbocycles. The van der Waals surface area contributed by atoms with Gasteiger partial charge in [0, 0.05) is 41.4 Å². The minimum atomic E-state index is -0.611. The van der Waals surface area contributed by atoms with Gasteiger partial charge in [-0.2, -0.15) is 5.10 Å². The van der Waals surface area contributed by atoms with Crippen molar-refractivity contribution in [3.05, 3.63) is 136 Å². The van der Waals surface area contributed by atoms with E-state index in [9.17, 15) is 4.79 Å². The third-order valence-corrected chi connectivity index (χ3v) is 8.21. The van der Waals surface area contributed by atoms with Crippen molar-refractivity contribution in [3.63, 3.8) is 0 Å². The van der Waals surface area contributed by atoms with Crippen molar-refractivity contribution in [2.24, 2.45) is 0 Å². The smallest absolute Gasteiger partial charge is 0.315 e. The van der Waals surface area contributed by atoms with Gasteiger partial charge in [-0.1, -0.05) is 90.5 Å². The molecule has 0 radical (unpaired) electrons. The fraction of sp³-hybridized carbons (Fsp3) is 0.282. The molecule has 2 heterocycles. The van der Waals surface area contributed by atoms with E-state index in [1.54, 1.807) is 0 Å². The minimum absolute atomic E-state index is 0.264. The Labute approximate surface area is 281 Å². The number of hydrogen-bond acceptors (Lipinski definition) is 6. The molecule has 47 heavy (non-hydrogen) atoms. The van der Waals surface area contributed by atoms with Crippen LogP contribution in [0.15, 0.2) is 103 Å². The van der Waals surface area contributed by atoms with Crippen LogP contribution in [0.2, 0.25) is 5.02 Å². The van der Waals surface area contributed by atoms with Gasteiger partial charge in [-0.05, 0) is 61.7 Å². The van der Waals surface area contributed by atoms with Gasteiger partial charge < -0.3 is 19.5 Å². The number of carbonyl (C=O) groups is 1. The molecule has 4 aromatic carbocycles. The molecule has 1 aromatic heterocycles. The molecule has 242 valence electrons. The maximum absolute atomic E-state index is 13.6. The third kappa shape index (κ3) is 8.23. The van der Waals surface area contributed by atoms with Crippen molar-refractivity contribution < 1.29 is 19.0 Å². The lowest BCUT2D eigenvalue weighted by atomic mass is 9.93.